The molecular formula is C43H51FN4O5S. The van der Waals surface area contributed by atoms with Crippen molar-refractivity contribution in [2.24, 2.45) is 40.4 Å². The predicted molar refractivity (Wildman–Crippen MR) is 204 cm³/mol. The van der Waals surface area contributed by atoms with E-state index >= 15 is 0 Å². The molecule has 5 saturated carbocycles. The number of para-hydroxylation sites is 1. The minimum absolute atomic E-state index is 0.0201. The molecule has 3 amide bonds. The summed E-state index contributed by atoms with van der Waals surface area (Å²) in [6.07, 6.45) is 10.1. The number of Topliss-reactive ketones (excluding diaryl/α,β-unsaturated/α-hetero) is 2. The molecule has 6 aliphatic rings. The van der Waals surface area contributed by atoms with Gasteiger partial charge in [-0.05, 0) is 122 Å². The van der Waals surface area contributed by atoms with Crippen LogP contribution < -0.4 is 10.6 Å². The molecule has 11 heteroatoms. The first-order chi connectivity index (χ1) is 25.7. The Balaban J connectivity index is 1.03. The van der Waals surface area contributed by atoms with Gasteiger partial charge >= 0.3 is 0 Å². The third kappa shape index (κ3) is 7.25. The smallest absolute Gasteiger partial charge is 0.259 e. The highest BCUT2D eigenvalue weighted by atomic mass is 32.1. The number of nitrogens with one attached hydrogen (secondary N) is 2. The van der Waals surface area contributed by atoms with Gasteiger partial charge in [0.05, 0.1) is 16.3 Å². The summed E-state index contributed by atoms with van der Waals surface area (Å²) in [5.74, 6) is -0.821. The number of amides is 3. The quantitative estimate of drug-likeness (QED) is 0.166. The Labute approximate surface area is 320 Å². The summed E-state index contributed by atoms with van der Waals surface area (Å²) in [6, 6.07) is 9.87. The highest BCUT2D eigenvalue weighted by Crippen LogP contribution is 2.61. The van der Waals surface area contributed by atoms with Crippen LogP contribution in [0.2, 0.25) is 0 Å². The van der Waals surface area contributed by atoms with Crippen LogP contribution in [0.15, 0.2) is 48.5 Å². The third-order valence-electron chi connectivity index (χ3n) is 13.3. The second-order valence-electron chi connectivity index (χ2n) is 18.3. The molecule has 5 aliphatic carbocycles. The van der Waals surface area contributed by atoms with Crippen molar-refractivity contribution in [3.05, 3.63) is 64.9 Å². The van der Waals surface area contributed by atoms with Gasteiger partial charge in [0.2, 0.25) is 23.5 Å². The van der Waals surface area contributed by atoms with Gasteiger partial charge in [-0.15, -0.1) is 11.3 Å². The van der Waals surface area contributed by atoms with Crippen LogP contribution in [0.25, 0.3) is 10.2 Å². The summed E-state index contributed by atoms with van der Waals surface area (Å²) < 4.78 is 14.6. The predicted octanol–water partition coefficient (Wildman–Crippen LogP) is 6.68. The second kappa shape index (κ2) is 14.3. The third-order valence-corrected chi connectivity index (χ3v) is 14.3. The van der Waals surface area contributed by atoms with E-state index in [0.717, 1.165) is 54.6 Å². The zero-order chi connectivity index (χ0) is 37.9. The molecule has 4 bridgehead atoms. The Morgan fingerprint density at radius 3 is 2.24 bits per heavy atom. The second-order valence-corrected chi connectivity index (χ2v) is 19.4. The van der Waals surface area contributed by atoms with E-state index in [9.17, 15) is 28.4 Å². The maximum absolute atomic E-state index is 14.7. The molecule has 9 rings (SSSR count). The number of ketones is 2. The Morgan fingerprint density at radius 2 is 1.59 bits per heavy atom. The Morgan fingerprint density at radius 1 is 0.926 bits per heavy atom. The summed E-state index contributed by atoms with van der Waals surface area (Å²) >= 11 is 1.12. The summed E-state index contributed by atoms with van der Waals surface area (Å²) in [7, 11) is 0. The molecule has 5 atom stereocenters. The van der Waals surface area contributed by atoms with Crippen molar-refractivity contribution in [3.63, 3.8) is 0 Å². The number of fused-ring (bicyclic) bond motifs is 2. The summed E-state index contributed by atoms with van der Waals surface area (Å²) in [5.41, 5.74) is 0.563. The van der Waals surface area contributed by atoms with Crippen molar-refractivity contribution in [3.8, 4) is 0 Å². The van der Waals surface area contributed by atoms with Crippen molar-refractivity contribution >= 4 is 50.8 Å². The van der Waals surface area contributed by atoms with Gasteiger partial charge in [0.15, 0.2) is 5.01 Å². The number of thiazole rings is 1. The van der Waals surface area contributed by atoms with Crippen LogP contribution in [0.3, 0.4) is 0 Å². The molecule has 3 aromatic rings. The van der Waals surface area contributed by atoms with Crippen LogP contribution in [-0.4, -0.2) is 63.8 Å². The Bertz CT molecular complexity index is 1900. The highest BCUT2D eigenvalue weighted by molar-refractivity contribution is 7.21. The van der Waals surface area contributed by atoms with Crippen LogP contribution in [0.4, 0.5) is 4.39 Å². The number of rotatable bonds is 11. The molecule has 2 aromatic carbocycles. The molecule has 1 saturated heterocycles. The standard InChI is InChI=1S/C43H51FN4O5S/c1-42(2,3)38(47-34(49)22-43-19-25-15-26(20-43)17-27(16-25)21-43)41(53)48-23-28-7-6-8-30(28)35(48)39(52)45-32(18-24-11-13-29(44)14-12-24)36(50)37(51)40-46-31-9-4-5-10-33(31)54-40/h4-5,9-14,25-28,30,32,35,38H,6-8,15-23H2,1-3H3,(H,45,52)(H,47,49)/t25?,26?,27?,28-,30-,32+,35-,38+,43?/m0/s1. The molecule has 6 fully saturated rings. The van der Waals surface area contributed by atoms with Crippen molar-refractivity contribution < 1.29 is 28.4 Å². The fourth-order valence-corrected chi connectivity index (χ4v) is 12.2. The Kier molecular flexibility index (Phi) is 9.76. The number of benzene rings is 2. The lowest BCUT2D eigenvalue weighted by molar-refractivity contribution is -0.146. The zero-order valence-corrected chi connectivity index (χ0v) is 32.3. The fraction of sp³-hybridized carbons (Fsp3) is 0.581. The van der Waals surface area contributed by atoms with Gasteiger partial charge in [-0.25, -0.2) is 9.37 Å². The zero-order valence-electron chi connectivity index (χ0n) is 31.4. The Hall–Kier alpha value is -3.99. The lowest BCUT2D eigenvalue weighted by Gasteiger charge is -2.56. The van der Waals surface area contributed by atoms with Crippen LogP contribution >= 0.6 is 11.3 Å². The van der Waals surface area contributed by atoms with Gasteiger partial charge in [-0.2, -0.15) is 0 Å². The van der Waals surface area contributed by atoms with Gasteiger partial charge in [0, 0.05) is 19.4 Å². The largest absolute Gasteiger partial charge is 0.344 e. The SMILES string of the molecule is CC(C)(C)[C@H](NC(=O)CC12CC3CC(CC(C3)C1)C2)C(=O)N1C[C@@H]2CCC[C@@H]2[C@H]1C(=O)N[C@H](Cc1ccc(F)cc1)C(=O)C(=O)c1nc2ccccc2s1. The van der Waals surface area contributed by atoms with Gasteiger partial charge < -0.3 is 15.5 Å². The molecule has 1 aliphatic heterocycles. The fourth-order valence-electron chi connectivity index (χ4n) is 11.3. The molecule has 0 radical (unpaired) electrons. The highest BCUT2D eigenvalue weighted by Gasteiger charge is 2.54. The van der Waals surface area contributed by atoms with E-state index in [2.05, 4.69) is 15.6 Å². The number of carbonyl (C=O) groups excluding carboxylic acids is 5. The number of hydrogen-bond acceptors (Lipinski definition) is 7. The van der Waals surface area contributed by atoms with E-state index in [1.165, 1.54) is 43.5 Å². The molecule has 0 unspecified atom stereocenters. The summed E-state index contributed by atoms with van der Waals surface area (Å²) in [6.45, 7) is 6.22. The maximum Gasteiger partial charge on any atom is 0.259 e. The molecule has 2 heterocycles. The van der Waals surface area contributed by atoms with E-state index in [4.69, 9.17) is 0 Å². The van der Waals surface area contributed by atoms with Crippen molar-refractivity contribution in [2.75, 3.05) is 6.54 Å². The minimum atomic E-state index is -1.27. The molecule has 54 heavy (non-hydrogen) atoms. The van der Waals surface area contributed by atoms with Crippen LogP contribution in [-0.2, 0) is 25.6 Å². The number of carbonyl (C=O) groups is 5. The van der Waals surface area contributed by atoms with E-state index in [1.54, 1.807) is 17.0 Å². The van der Waals surface area contributed by atoms with E-state index < -0.39 is 46.8 Å². The van der Waals surface area contributed by atoms with Crippen LogP contribution in [0.5, 0.6) is 0 Å². The average Bonchev–Trinajstić information content (AvgIpc) is 3.84. The number of aromatic nitrogens is 1. The molecule has 286 valence electrons. The van der Waals surface area contributed by atoms with Gasteiger partial charge in [0.1, 0.15) is 17.9 Å². The average molecular weight is 755 g/mol. The normalized spacial score (nSPS) is 29.5. The number of hydrogen-bond donors (Lipinski definition) is 2. The molecule has 1 aromatic heterocycles. The summed E-state index contributed by atoms with van der Waals surface area (Å²) in [5, 5.41) is 6.11. The molecule has 9 nitrogen and oxygen atoms in total. The molecule has 2 N–H and O–H groups in total. The van der Waals surface area contributed by atoms with E-state index in [-0.39, 0.29) is 40.5 Å². The van der Waals surface area contributed by atoms with E-state index in [1.807, 2.05) is 32.9 Å². The number of nitrogens with zero attached hydrogens (tertiary/aromatic N) is 2. The van der Waals surface area contributed by atoms with Gasteiger partial charge in [-0.3, -0.25) is 24.0 Å². The van der Waals surface area contributed by atoms with Crippen molar-refractivity contribution in [1.82, 2.24) is 20.5 Å². The topological polar surface area (TPSA) is 126 Å². The van der Waals surface area contributed by atoms with Crippen LogP contribution in [0.1, 0.15) is 100 Å². The lowest BCUT2D eigenvalue weighted by Crippen LogP contribution is -2.60. The first kappa shape index (κ1) is 37.0. The van der Waals surface area contributed by atoms with Gasteiger partial charge in [-0.1, -0.05) is 51.5 Å². The first-order valence-corrected chi connectivity index (χ1v) is 20.7. The summed E-state index contributed by atoms with van der Waals surface area (Å²) in [4.78, 5) is 76.9. The van der Waals surface area contributed by atoms with Crippen molar-refractivity contribution in [1.29, 1.82) is 0 Å². The maximum atomic E-state index is 14.7. The van der Waals surface area contributed by atoms with E-state index in [0.29, 0.717) is 41.8 Å². The van der Waals surface area contributed by atoms with Crippen LogP contribution in [0, 0.1) is 46.2 Å². The molecule has 0 spiro atoms. The van der Waals surface area contributed by atoms with Gasteiger partial charge in [0.25, 0.3) is 5.78 Å². The van der Waals surface area contributed by atoms with Crippen molar-refractivity contribution in [2.45, 2.75) is 110 Å². The lowest BCUT2D eigenvalue weighted by atomic mass is 9.49. The molecular weight excluding hydrogens is 704 g/mol. The minimum Gasteiger partial charge on any atom is -0.344 e. The first-order valence-electron chi connectivity index (χ1n) is 19.8. The monoisotopic (exact) mass is 754 g/mol. The number of halogens is 1. The number of likely N-dealkylation sites (tertiary alicyclic amines) is 1.